The number of benzene rings is 2. The van der Waals surface area contributed by atoms with Crippen LogP contribution in [0.4, 0.5) is 11.5 Å². The van der Waals surface area contributed by atoms with Crippen molar-refractivity contribution in [3.63, 3.8) is 0 Å². The lowest BCUT2D eigenvalue weighted by Gasteiger charge is -2.10. The molecule has 0 unspecified atom stereocenters. The number of nitrogens with one attached hydrogen (secondary N) is 2. The largest absolute Gasteiger partial charge is 0.497 e. The van der Waals surface area contributed by atoms with Crippen molar-refractivity contribution in [2.45, 2.75) is 13.5 Å². The molecule has 3 aromatic rings. The first-order valence-corrected chi connectivity index (χ1v) is 9.24. The number of hydrogen-bond donors (Lipinski definition) is 2. The molecule has 0 aliphatic heterocycles. The van der Waals surface area contributed by atoms with Gasteiger partial charge >= 0.3 is 0 Å². The molecule has 0 bridgehead atoms. The molecule has 26 heavy (non-hydrogen) atoms. The van der Waals surface area contributed by atoms with Gasteiger partial charge in [0.05, 0.1) is 18.1 Å². The monoisotopic (exact) mass is 430 g/mol. The Labute approximate surface area is 166 Å². The molecule has 0 saturated heterocycles. The second-order valence-corrected chi connectivity index (χ2v) is 7.08. The van der Waals surface area contributed by atoms with E-state index in [0.717, 1.165) is 15.9 Å². The lowest BCUT2D eigenvalue weighted by atomic mass is 10.1. The van der Waals surface area contributed by atoms with Crippen molar-refractivity contribution in [1.82, 2.24) is 9.78 Å². The molecule has 2 aromatic carbocycles. The van der Waals surface area contributed by atoms with Gasteiger partial charge in [0.25, 0.3) is 0 Å². The van der Waals surface area contributed by atoms with Crippen LogP contribution in [0.15, 0.2) is 59.2 Å². The summed E-state index contributed by atoms with van der Waals surface area (Å²) in [7, 11) is 1.63. The zero-order chi connectivity index (χ0) is 18.5. The molecule has 3 rings (SSSR count). The van der Waals surface area contributed by atoms with Crippen molar-refractivity contribution in [2.24, 2.45) is 0 Å². The number of anilines is 2. The van der Waals surface area contributed by atoms with Gasteiger partial charge in [-0.15, -0.1) is 0 Å². The summed E-state index contributed by atoms with van der Waals surface area (Å²) in [5.41, 5.74) is 3.28. The van der Waals surface area contributed by atoms with E-state index in [1.165, 1.54) is 11.1 Å². The Balaban J connectivity index is 1.65. The highest BCUT2D eigenvalue weighted by atomic mass is 79.9. The third kappa shape index (κ3) is 4.83. The van der Waals surface area contributed by atoms with E-state index in [-0.39, 0.29) is 0 Å². The summed E-state index contributed by atoms with van der Waals surface area (Å²) in [6, 6.07) is 16.0. The summed E-state index contributed by atoms with van der Waals surface area (Å²) in [5.74, 6) is 1.43. The second-order valence-electron chi connectivity index (χ2n) is 5.82. The minimum absolute atomic E-state index is 0.458. The van der Waals surface area contributed by atoms with Crippen LogP contribution in [0.2, 0.25) is 0 Å². The van der Waals surface area contributed by atoms with Crippen molar-refractivity contribution in [2.75, 3.05) is 17.7 Å². The first-order chi connectivity index (χ1) is 12.5. The quantitative estimate of drug-likeness (QED) is 0.568. The lowest BCUT2D eigenvalue weighted by molar-refractivity contribution is 0.415. The minimum atomic E-state index is 0.458. The van der Waals surface area contributed by atoms with E-state index in [1.807, 2.05) is 35.1 Å². The molecule has 5 nitrogen and oxygen atoms in total. The minimum Gasteiger partial charge on any atom is -0.497 e. The molecular formula is C19H19BrN4OS. The Bertz CT molecular complexity index is 908. The van der Waals surface area contributed by atoms with E-state index >= 15 is 0 Å². The summed E-state index contributed by atoms with van der Waals surface area (Å²) >= 11 is 8.90. The predicted molar refractivity (Wildman–Crippen MR) is 113 cm³/mol. The van der Waals surface area contributed by atoms with Crippen LogP contribution in [0.3, 0.4) is 0 Å². The van der Waals surface area contributed by atoms with Crippen LogP contribution >= 0.6 is 28.1 Å². The molecule has 1 heterocycles. The maximum absolute atomic E-state index is 5.38. The number of ether oxygens (including phenoxy) is 1. The number of hydrogen-bond acceptors (Lipinski definition) is 3. The molecule has 0 spiro atoms. The number of thiocarbonyl (C=S) groups is 1. The molecule has 0 amide bonds. The van der Waals surface area contributed by atoms with E-state index in [4.69, 9.17) is 17.0 Å². The molecule has 7 heteroatoms. The first kappa shape index (κ1) is 18.4. The Morgan fingerprint density at radius 1 is 1.19 bits per heavy atom. The van der Waals surface area contributed by atoms with Crippen molar-refractivity contribution in [3.8, 4) is 5.75 Å². The highest BCUT2D eigenvalue weighted by Crippen LogP contribution is 2.22. The van der Waals surface area contributed by atoms with Gasteiger partial charge in [-0.2, -0.15) is 5.10 Å². The SMILES string of the molecule is COc1cccc(NC(=S)Nc2nn(Cc3ccc(C)cc3)cc2Br)c1. The molecule has 134 valence electrons. The average Bonchev–Trinajstić information content (AvgIpc) is 2.96. The van der Waals surface area contributed by atoms with Gasteiger partial charge < -0.3 is 15.4 Å². The van der Waals surface area contributed by atoms with Crippen LogP contribution in [0.1, 0.15) is 11.1 Å². The van der Waals surface area contributed by atoms with Gasteiger partial charge in [-0.25, -0.2) is 0 Å². The Kier molecular flexibility index (Phi) is 5.90. The normalized spacial score (nSPS) is 10.4. The number of nitrogens with zero attached hydrogens (tertiary/aromatic N) is 2. The second kappa shape index (κ2) is 8.33. The van der Waals surface area contributed by atoms with Crippen molar-refractivity contribution in [1.29, 1.82) is 0 Å². The summed E-state index contributed by atoms with van der Waals surface area (Å²) < 4.78 is 7.93. The number of rotatable bonds is 5. The number of methoxy groups -OCH3 is 1. The molecular weight excluding hydrogens is 412 g/mol. The first-order valence-electron chi connectivity index (χ1n) is 8.04. The zero-order valence-corrected chi connectivity index (χ0v) is 16.9. The molecule has 1 aromatic heterocycles. The molecule has 0 atom stereocenters. The average molecular weight is 431 g/mol. The number of halogens is 1. The van der Waals surface area contributed by atoms with Gasteiger partial charge in [0.1, 0.15) is 5.75 Å². The van der Waals surface area contributed by atoms with E-state index in [0.29, 0.717) is 17.5 Å². The van der Waals surface area contributed by atoms with Gasteiger partial charge in [0, 0.05) is 18.0 Å². The number of aromatic nitrogens is 2. The molecule has 0 radical (unpaired) electrons. The standard InChI is InChI=1S/C19H19BrN4OS/c1-13-6-8-14(9-7-13)11-24-12-17(20)18(23-24)22-19(26)21-15-4-3-5-16(10-15)25-2/h3-10,12H,11H2,1-2H3,(H2,21,22,23,26). The maximum atomic E-state index is 5.38. The molecule has 2 N–H and O–H groups in total. The predicted octanol–water partition coefficient (Wildman–Crippen LogP) is 4.82. The summed E-state index contributed by atoms with van der Waals surface area (Å²) in [4.78, 5) is 0. The van der Waals surface area contributed by atoms with Crippen LogP contribution in [0.5, 0.6) is 5.75 Å². The lowest BCUT2D eigenvalue weighted by Crippen LogP contribution is -2.19. The van der Waals surface area contributed by atoms with Crippen LogP contribution in [-0.4, -0.2) is 22.0 Å². The van der Waals surface area contributed by atoms with Crippen LogP contribution < -0.4 is 15.4 Å². The fourth-order valence-corrected chi connectivity index (χ4v) is 3.04. The van der Waals surface area contributed by atoms with Crippen molar-refractivity contribution < 1.29 is 4.74 Å². The Hall–Kier alpha value is -2.38. The molecule has 0 saturated carbocycles. The van der Waals surface area contributed by atoms with Crippen molar-refractivity contribution >= 4 is 44.8 Å². The van der Waals surface area contributed by atoms with E-state index in [1.54, 1.807) is 7.11 Å². The fourth-order valence-electron chi connectivity index (χ4n) is 2.41. The summed E-state index contributed by atoms with van der Waals surface area (Å²) in [6.07, 6.45) is 1.93. The fraction of sp³-hybridized carbons (Fsp3) is 0.158. The Morgan fingerprint density at radius 3 is 2.69 bits per heavy atom. The van der Waals surface area contributed by atoms with Gasteiger partial charge in [0.2, 0.25) is 0 Å². The van der Waals surface area contributed by atoms with E-state index < -0.39 is 0 Å². The van der Waals surface area contributed by atoms with Gasteiger partial charge in [-0.1, -0.05) is 35.9 Å². The third-order valence-electron chi connectivity index (χ3n) is 3.74. The van der Waals surface area contributed by atoms with Crippen molar-refractivity contribution in [3.05, 3.63) is 70.3 Å². The van der Waals surface area contributed by atoms with E-state index in [9.17, 15) is 0 Å². The van der Waals surface area contributed by atoms with Crippen LogP contribution in [-0.2, 0) is 6.54 Å². The van der Waals surface area contributed by atoms with Gasteiger partial charge in [-0.3, -0.25) is 4.68 Å². The smallest absolute Gasteiger partial charge is 0.176 e. The van der Waals surface area contributed by atoms with Crippen LogP contribution in [0.25, 0.3) is 0 Å². The topological polar surface area (TPSA) is 51.1 Å². The highest BCUT2D eigenvalue weighted by molar-refractivity contribution is 9.10. The maximum Gasteiger partial charge on any atom is 0.176 e. The summed E-state index contributed by atoms with van der Waals surface area (Å²) in [5, 5.41) is 11.2. The number of aryl methyl sites for hydroxylation is 1. The summed E-state index contributed by atoms with van der Waals surface area (Å²) in [6.45, 7) is 2.77. The third-order valence-corrected chi connectivity index (χ3v) is 4.53. The van der Waals surface area contributed by atoms with E-state index in [2.05, 4.69) is 62.9 Å². The molecule has 0 aliphatic rings. The zero-order valence-electron chi connectivity index (χ0n) is 14.5. The van der Waals surface area contributed by atoms with Gasteiger partial charge in [0.15, 0.2) is 10.9 Å². The van der Waals surface area contributed by atoms with Gasteiger partial charge in [-0.05, 0) is 52.8 Å². The van der Waals surface area contributed by atoms with Crippen LogP contribution in [0, 0.1) is 6.92 Å². The highest BCUT2D eigenvalue weighted by Gasteiger charge is 2.09. The Morgan fingerprint density at radius 2 is 1.96 bits per heavy atom. The molecule has 0 fully saturated rings. The molecule has 0 aliphatic carbocycles.